The number of hydrogen-bond acceptors (Lipinski definition) is 4. The Balaban J connectivity index is 1.71. The van der Waals surface area contributed by atoms with Gasteiger partial charge in [-0.1, -0.05) is 24.3 Å². The first kappa shape index (κ1) is 15.6. The zero-order valence-corrected chi connectivity index (χ0v) is 14.7. The average Bonchev–Trinajstić information content (AvgIpc) is 3.18. The molecule has 1 N–H and O–H groups in total. The molecule has 0 aliphatic rings. The van der Waals surface area contributed by atoms with Crippen molar-refractivity contribution in [1.82, 2.24) is 4.98 Å². The van der Waals surface area contributed by atoms with Crippen LogP contribution < -0.4 is 5.32 Å². The van der Waals surface area contributed by atoms with Gasteiger partial charge in [0.1, 0.15) is 16.5 Å². The van der Waals surface area contributed by atoms with E-state index in [0.717, 1.165) is 32.2 Å². The molecule has 0 radical (unpaired) electrons. The van der Waals surface area contributed by atoms with Gasteiger partial charge in [-0.3, -0.25) is 4.79 Å². The molecule has 0 bridgehead atoms. The molecule has 25 heavy (non-hydrogen) atoms. The van der Waals surface area contributed by atoms with Crippen LogP contribution in [0.3, 0.4) is 0 Å². The molecule has 0 aliphatic carbocycles. The number of carbonyl (C=O) groups is 1. The smallest absolute Gasteiger partial charge is 0.259 e. The Kier molecular flexibility index (Phi) is 3.86. The fourth-order valence-corrected chi connectivity index (χ4v) is 3.82. The van der Waals surface area contributed by atoms with Crippen LogP contribution in [0, 0.1) is 13.8 Å². The number of aryl methyl sites for hydroxylation is 2. The molecular formula is C20H16N2O2S. The van der Waals surface area contributed by atoms with Crippen molar-refractivity contribution in [2.24, 2.45) is 0 Å². The van der Waals surface area contributed by atoms with E-state index in [9.17, 15) is 4.79 Å². The lowest BCUT2D eigenvalue weighted by Crippen LogP contribution is -2.12. The number of hydrogen-bond donors (Lipinski definition) is 1. The van der Waals surface area contributed by atoms with Crippen molar-refractivity contribution in [3.8, 4) is 10.6 Å². The standard InChI is InChI=1S/C20H16N2O2S/c1-12-11-15(13(2)24-12)19(23)21-16-8-4-3-7-14(16)20-22-17-9-5-6-10-18(17)25-20/h3-11H,1-2H3,(H,21,23). The lowest BCUT2D eigenvalue weighted by atomic mass is 10.1. The highest BCUT2D eigenvalue weighted by Crippen LogP contribution is 2.34. The van der Waals surface area contributed by atoms with Gasteiger partial charge in [0, 0.05) is 5.56 Å². The molecule has 4 nitrogen and oxygen atoms in total. The zero-order valence-electron chi connectivity index (χ0n) is 13.9. The Hall–Kier alpha value is -2.92. The minimum absolute atomic E-state index is 0.178. The predicted molar refractivity (Wildman–Crippen MR) is 101 cm³/mol. The van der Waals surface area contributed by atoms with Crippen LogP contribution in [0.25, 0.3) is 20.8 Å². The second-order valence-electron chi connectivity index (χ2n) is 5.81. The highest BCUT2D eigenvalue weighted by atomic mass is 32.1. The Bertz CT molecular complexity index is 1050. The fourth-order valence-electron chi connectivity index (χ4n) is 2.81. The van der Waals surface area contributed by atoms with Gasteiger partial charge in [-0.05, 0) is 44.2 Å². The van der Waals surface area contributed by atoms with Gasteiger partial charge in [-0.2, -0.15) is 0 Å². The number of aromatic nitrogens is 1. The largest absolute Gasteiger partial charge is 0.466 e. The van der Waals surface area contributed by atoms with Gasteiger partial charge in [0.05, 0.1) is 21.5 Å². The molecule has 0 saturated heterocycles. The summed E-state index contributed by atoms with van der Waals surface area (Å²) in [6.07, 6.45) is 0. The molecule has 2 aromatic carbocycles. The van der Waals surface area contributed by atoms with Crippen molar-refractivity contribution in [2.45, 2.75) is 13.8 Å². The minimum Gasteiger partial charge on any atom is -0.466 e. The molecule has 1 amide bonds. The second-order valence-corrected chi connectivity index (χ2v) is 6.84. The maximum absolute atomic E-state index is 12.6. The van der Waals surface area contributed by atoms with Crippen LogP contribution >= 0.6 is 11.3 Å². The zero-order chi connectivity index (χ0) is 17.4. The van der Waals surface area contributed by atoms with Crippen LogP contribution in [-0.4, -0.2) is 10.9 Å². The van der Waals surface area contributed by atoms with Crippen molar-refractivity contribution >= 4 is 33.1 Å². The summed E-state index contributed by atoms with van der Waals surface area (Å²) >= 11 is 1.61. The molecule has 4 rings (SSSR count). The van der Waals surface area contributed by atoms with E-state index in [-0.39, 0.29) is 5.91 Å². The first-order valence-electron chi connectivity index (χ1n) is 7.95. The highest BCUT2D eigenvalue weighted by molar-refractivity contribution is 7.21. The number of thiazole rings is 1. The van der Waals surface area contributed by atoms with Crippen molar-refractivity contribution in [1.29, 1.82) is 0 Å². The fraction of sp³-hybridized carbons (Fsp3) is 0.100. The Labute approximate surface area is 149 Å². The monoisotopic (exact) mass is 348 g/mol. The van der Waals surface area contributed by atoms with Crippen LogP contribution in [0.4, 0.5) is 5.69 Å². The number of amides is 1. The molecule has 0 spiro atoms. The number of fused-ring (bicyclic) bond motifs is 1. The van der Waals surface area contributed by atoms with Crippen LogP contribution in [0.1, 0.15) is 21.9 Å². The SMILES string of the molecule is Cc1cc(C(=O)Nc2ccccc2-c2nc3ccccc3s2)c(C)o1. The summed E-state index contributed by atoms with van der Waals surface area (Å²) in [5.74, 6) is 1.16. The van der Waals surface area contributed by atoms with Gasteiger partial charge in [0.2, 0.25) is 0 Å². The van der Waals surface area contributed by atoms with E-state index in [4.69, 9.17) is 9.40 Å². The molecule has 2 heterocycles. The molecular weight excluding hydrogens is 332 g/mol. The number of rotatable bonds is 3. The Morgan fingerprint density at radius 1 is 1.08 bits per heavy atom. The van der Waals surface area contributed by atoms with Gasteiger partial charge < -0.3 is 9.73 Å². The quantitative estimate of drug-likeness (QED) is 0.537. The highest BCUT2D eigenvalue weighted by Gasteiger charge is 2.16. The van der Waals surface area contributed by atoms with Crippen LogP contribution in [0.2, 0.25) is 0 Å². The van der Waals surface area contributed by atoms with E-state index < -0.39 is 0 Å². The number of benzene rings is 2. The van der Waals surface area contributed by atoms with Crippen molar-refractivity contribution < 1.29 is 9.21 Å². The summed E-state index contributed by atoms with van der Waals surface area (Å²) in [5, 5.41) is 3.88. The summed E-state index contributed by atoms with van der Waals surface area (Å²) in [5.41, 5.74) is 3.17. The van der Waals surface area contributed by atoms with Crippen LogP contribution in [-0.2, 0) is 0 Å². The van der Waals surface area contributed by atoms with Crippen LogP contribution in [0.15, 0.2) is 59.0 Å². The third-order valence-corrected chi connectivity index (χ3v) is 5.05. The summed E-state index contributed by atoms with van der Waals surface area (Å²) in [6.45, 7) is 3.63. The molecule has 124 valence electrons. The molecule has 2 aromatic heterocycles. The number of carbonyl (C=O) groups excluding carboxylic acids is 1. The summed E-state index contributed by atoms with van der Waals surface area (Å²) in [7, 11) is 0. The van der Waals surface area contributed by atoms with E-state index in [1.165, 1.54) is 0 Å². The average molecular weight is 348 g/mol. The van der Waals surface area contributed by atoms with Gasteiger partial charge in [0.25, 0.3) is 5.91 Å². The van der Waals surface area contributed by atoms with E-state index >= 15 is 0 Å². The minimum atomic E-state index is -0.178. The first-order valence-corrected chi connectivity index (χ1v) is 8.77. The molecule has 0 unspecified atom stereocenters. The van der Waals surface area contributed by atoms with E-state index in [1.807, 2.05) is 49.4 Å². The summed E-state index contributed by atoms with van der Waals surface area (Å²) in [6, 6.07) is 17.5. The van der Waals surface area contributed by atoms with Gasteiger partial charge >= 0.3 is 0 Å². The van der Waals surface area contributed by atoms with Gasteiger partial charge in [-0.25, -0.2) is 4.98 Å². The lowest BCUT2D eigenvalue weighted by molar-refractivity contribution is 0.102. The van der Waals surface area contributed by atoms with E-state index in [0.29, 0.717) is 11.3 Å². The summed E-state index contributed by atoms with van der Waals surface area (Å²) < 4.78 is 6.58. The molecule has 5 heteroatoms. The van der Waals surface area contributed by atoms with Crippen molar-refractivity contribution in [2.75, 3.05) is 5.32 Å². The Morgan fingerprint density at radius 2 is 1.84 bits per heavy atom. The third kappa shape index (κ3) is 2.94. The van der Waals surface area contributed by atoms with Gasteiger partial charge in [-0.15, -0.1) is 11.3 Å². The topological polar surface area (TPSA) is 55.1 Å². The molecule has 4 aromatic rings. The normalized spacial score (nSPS) is 11.0. The third-order valence-electron chi connectivity index (χ3n) is 3.99. The molecule has 0 saturated carbocycles. The van der Waals surface area contributed by atoms with Crippen LogP contribution in [0.5, 0.6) is 0 Å². The Morgan fingerprint density at radius 3 is 2.60 bits per heavy atom. The van der Waals surface area contributed by atoms with Crippen molar-refractivity contribution in [3.05, 3.63) is 71.7 Å². The van der Waals surface area contributed by atoms with E-state index in [2.05, 4.69) is 11.4 Å². The number of furan rings is 1. The second kappa shape index (κ2) is 6.18. The molecule has 0 aliphatic heterocycles. The predicted octanol–water partition coefficient (Wildman–Crippen LogP) is 5.43. The number of nitrogens with one attached hydrogen (secondary N) is 1. The van der Waals surface area contributed by atoms with E-state index in [1.54, 1.807) is 24.3 Å². The maximum Gasteiger partial charge on any atom is 0.259 e. The number of para-hydroxylation sites is 2. The summed E-state index contributed by atoms with van der Waals surface area (Å²) in [4.78, 5) is 17.3. The lowest BCUT2D eigenvalue weighted by Gasteiger charge is -2.08. The molecule has 0 fully saturated rings. The maximum atomic E-state index is 12.6. The number of anilines is 1. The van der Waals surface area contributed by atoms with Gasteiger partial charge in [0.15, 0.2) is 0 Å². The first-order chi connectivity index (χ1) is 12.1. The number of nitrogens with zero attached hydrogens (tertiary/aromatic N) is 1. The van der Waals surface area contributed by atoms with Crippen molar-refractivity contribution in [3.63, 3.8) is 0 Å². The molecule has 0 atom stereocenters.